The molecule has 0 aromatic heterocycles. The van der Waals surface area contributed by atoms with Gasteiger partial charge in [0.1, 0.15) is 11.8 Å². The fraction of sp³-hybridized carbons (Fsp3) is 0.263. The summed E-state index contributed by atoms with van der Waals surface area (Å²) < 4.78 is 5.20. The van der Waals surface area contributed by atoms with E-state index < -0.39 is 11.9 Å². The normalized spacial score (nSPS) is 16.6. The number of carbonyl (C=O) groups is 2. The number of nitrogens with two attached hydrogens (primary N) is 1. The van der Waals surface area contributed by atoms with Crippen LogP contribution in [0.2, 0.25) is 5.02 Å². The fourth-order valence-corrected chi connectivity index (χ4v) is 3.15. The highest BCUT2D eigenvalue weighted by Gasteiger charge is 2.33. The minimum Gasteiger partial charge on any atom is -0.496 e. The molecule has 0 spiro atoms. The van der Waals surface area contributed by atoms with Crippen LogP contribution in [0, 0.1) is 0 Å². The van der Waals surface area contributed by atoms with Gasteiger partial charge in [0.05, 0.1) is 23.4 Å². The van der Waals surface area contributed by atoms with Gasteiger partial charge in [0, 0.05) is 19.2 Å². The predicted octanol–water partition coefficient (Wildman–Crippen LogP) is 2.46. The molecule has 2 amide bonds. The first-order chi connectivity index (χ1) is 12.5. The molecule has 1 saturated heterocycles. The van der Waals surface area contributed by atoms with E-state index in [9.17, 15) is 9.59 Å². The molecule has 0 bridgehead atoms. The quantitative estimate of drug-likeness (QED) is 0.788. The largest absolute Gasteiger partial charge is 0.496 e. The summed E-state index contributed by atoms with van der Waals surface area (Å²) in [5.41, 5.74) is 7.37. The van der Waals surface area contributed by atoms with Gasteiger partial charge in [-0.2, -0.15) is 0 Å². The van der Waals surface area contributed by atoms with Crippen molar-refractivity contribution >= 4 is 29.1 Å². The summed E-state index contributed by atoms with van der Waals surface area (Å²) in [4.78, 5) is 26.9. The lowest BCUT2D eigenvalue weighted by Crippen LogP contribution is -2.41. The molecule has 1 fully saturated rings. The van der Waals surface area contributed by atoms with Crippen molar-refractivity contribution in [3.8, 4) is 5.75 Å². The van der Waals surface area contributed by atoms with Crippen LogP contribution in [-0.2, 0) is 11.3 Å². The molecule has 1 heterocycles. The monoisotopic (exact) mass is 373 g/mol. The van der Waals surface area contributed by atoms with Gasteiger partial charge in [-0.05, 0) is 18.1 Å². The van der Waals surface area contributed by atoms with Gasteiger partial charge >= 0.3 is 0 Å². The van der Waals surface area contributed by atoms with Crippen LogP contribution >= 0.6 is 11.6 Å². The first-order valence-corrected chi connectivity index (χ1v) is 8.64. The van der Waals surface area contributed by atoms with E-state index in [1.54, 1.807) is 4.90 Å². The van der Waals surface area contributed by atoms with Crippen LogP contribution in [0.3, 0.4) is 0 Å². The molecule has 1 aliphatic heterocycles. The van der Waals surface area contributed by atoms with E-state index >= 15 is 0 Å². The van der Waals surface area contributed by atoms with Crippen molar-refractivity contribution in [3.05, 3.63) is 58.6 Å². The van der Waals surface area contributed by atoms with Crippen molar-refractivity contribution in [2.75, 3.05) is 19.4 Å². The Morgan fingerprint density at radius 2 is 2.08 bits per heavy atom. The van der Waals surface area contributed by atoms with Crippen LogP contribution in [-0.4, -0.2) is 36.4 Å². The Morgan fingerprint density at radius 1 is 1.35 bits per heavy atom. The second-order valence-corrected chi connectivity index (χ2v) is 6.54. The van der Waals surface area contributed by atoms with E-state index in [1.807, 2.05) is 30.3 Å². The maximum absolute atomic E-state index is 12.6. The number of hydrogen-bond donors (Lipinski definition) is 2. The molecule has 26 heavy (non-hydrogen) atoms. The molecule has 1 atom stereocenters. The molecule has 0 radical (unpaired) electrons. The van der Waals surface area contributed by atoms with Crippen LogP contribution in [0.4, 0.5) is 5.69 Å². The number of ether oxygens (including phenoxy) is 1. The number of benzene rings is 2. The Morgan fingerprint density at radius 3 is 2.77 bits per heavy atom. The molecule has 3 rings (SSSR count). The van der Waals surface area contributed by atoms with Gasteiger partial charge in [0.25, 0.3) is 5.91 Å². The van der Waals surface area contributed by atoms with Crippen molar-refractivity contribution in [1.82, 2.24) is 10.2 Å². The highest BCUT2D eigenvalue weighted by molar-refractivity contribution is 6.33. The number of carbonyl (C=O) groups excluding carboxylic acids is 2. The molecule has 7 heteroatoms. The number of anilines is 1. The number of amides is 2. The van der Waals surface area contributed by atoms with Crippen LogP contribution in [0.1, 0.15) is 22.3 Å². The fourth-order valence-electron chi connectivity index (χ4n) is 2.99. The highest BCUT2D eigenvalue weighted by Crippen LogP contribution is 2.29. The van der Waals surface area contributed by atoms with E-state index in [0.29, 0.717) is 30.9 Å². The van der Waals surface area contributed by atoms with Crippen molar-refractivity contribution in [3.63, 3.8) is 0 Å². The maximum Gasteiger partial charge on any atom is 0.255 e. The van der Waals surface area contributed by atoms with E-state index in [1.165, 1.54) is 19.2 Å². The average Bonchev–Trinajstić information content (AvgIpc) is 2.97. The lowest BCUT2D eigenvalue weighted by molar-refractivity contribution is -0.129. The Balaban J connectivity index is 1.69. The zero-order valence-corrected chi connectivity index (χ0v) is 15.1. The van der Waals surface area contributed by atoms with Gasteiger partial charge in [0.15, 0.2) is 0 Å². The topological polar surface area (TPSA) is 84.7 Å². The Labute approximate surface area is 156 Å². The predicted molar refractivity (Wildman–Crippen MR) is 100 cm³/mol. The van der Waals surface area contributed by atoms with Gasteiger partial charge in [-0.25, -0.2) is 0 Å². The molecule has 1 unspecified atom stereocenters. The van der Waals surface area contributed by atoms with Crippen molar-refractivity contribution in [1.29, 1.82) is 0 Å². The Kier molecular flexibility index (Phi) is 5.32. The standard InChI is InChI=1S/C19H20ClN3O3/c1-26-17-10-15(21)14(20)9-13(17)18(24)22-16-7-8-23(19(16)25)11-12-5-3-2-4-6-12/h2-6,9-10,16H,7-8,11,21H2,1H3,(H,22,24). The van der Waals surface area contributed by atoms with Gasteiger partial charge in [-0.3, -0.25) is 9.59 Å². The lowest BCUT2D eigenvalue weighted by Gasteiger charge is -2.18. The van der Waals surface area contributed by atoms with Gasteiger partial charge in [-0.1, -0.05) is 41.9 Å². The summed E-state index contributed by atoms with van der Waals surface area (Å²) in [5, 5.41) is 3.04. The Bertz CT molecular complexity index is 826. The third-order valence-corrected chi connectivity index (χ3v) is 4.71. The van der Waals surface area contributed by atoms with E-state index in [2.05, 4.69) is 5.32 Å². The van der Waals surface area contributed by atoms with Crippen molar-refractivity contribution < 1.29 is 14.3 Å². The first kappa shape index (κ1) is 18.1. The van der Waals surface area contributed by atoms with Gasteiger partial charge in [-0.15, -0.1) is 0 Å². The molecular formula is C19H20ClN3O3. The molecule has 6 nitrogen and oxygen atoms in total. The molecule has 2 aromatic carbocycles. The molecule has 3 N–H and O–H groups in total. The van der Waals surface area contributed by atoms with E-state index in [4.69, 9.17) is 22.1 Å². The summed E-state index contributed by atoms with van der Waals surface area (Å²) in [6, 6.07) is 12.1. The van der Waals surface area contributed by atoms with E-state index in [0.717, 1.165) is 5.56 Å². The molecule has 1 aliphatic rings. The SMILES string of the molecule is COc1cc(N)c(Cl)cc1C(=O)NC1CCN(Cc2ccccc2)C1=O. The summed E-state index contributed by atoms with van der Waals surface area (Å²) >= 11 is 6.01. The van der Waals surface area contributed by atoms with E-state index in [-0.39, 0.29) is 16.5 Å². The minimum atomic E-state index is -0.563. The second kappa shape index (κ2) is 7.66. The number of nitrogens with one attached hydrogen (secondary N) is 1. The van der Waals surface area contributed by atoms with Crippen molar-refractivity contribution in [2.24, 2.45) is 0 Å². The number of nitrogens with zero attached hydrogens (tertiary/aromatic N) is 1. The van der Waals surface area contributed by atoms with Gasteiger partial charge in [0.2, 0.25) is 5.91 Å². The second-order valence-electron chi connectivity index (χ2n) is 6.13. The maximum atomic E-state index is 12.6. The van der Waals surface area contributed by atoms with Crippen LogP contribution in [0.15, 0.2) is 42.5 Å². The zero-order valence-electron chi connectivity index (χ0n) is 14.4. The molecule has 0 aliphatic carbocycles. The molecular weight excluding hydrogens is 354 g/mol. The summed E-state index contributed by atoms with van der Waals surface area (Å²) in [7, 11) is 1.45. The smallest absolute Gasteiger partial charge is 0.255 e. The number of halogens is 1. The summed E-state index contributed by atoms with van der Waals surface area (Å²) in [5.74, 6) is -0.192. The summed E-state index contributed by atoms with van der Waals surface area (Å²) in [6.45, 7) is 1.13. The molecule has 136 valence electrons. The molecule has 0 saturated carbocycles. The number of hydrogen-bond acceptors (Lipinski definition) is 4. The number of rotatable bonds is 5. The van der Waals surface area contributed by atoms with Crippen LogP contribution in [0.5, 0.6) is 5.75 Å². The zero-order chi connectivity index (χ0) is 18.7. The van der Waals surface area contributed by atoms with Gasteiger partial charge < -0.3 is 20.7 Å². The Hall–Kier alpha value is -2.73. The third kappa shape index (κ3) is 3.75. The first-order valence-electron chi connectivity index (χ1n) is 8.26. The minimum absolute atomic E-state index is 0.0947. The third-order valence-electron chi connectivity index (χ3n) is 4.38. The molecule has 2 aromatic rings. The van der Waals surface area contributed by atoms with Crippen molar-refractivity contribution in [2.45, 2.75) is 19.0 Å². The van der Waals surface area contributed by atoms with Crippen LogP contribution in [0.25, 0.3) is 0 Å². The number of nitrogen functional groups attached to an aromatic ring is 1. The number of likely N-dealkylation sites (tertiary alicyclic amines) is 1. The highest BCUT2D eigenvalue weighted by atomic mass is 35.5. The average molecular weight is 374 g/mol. The lowest BCUT2D eigenvalue weighted by atomic mass is 10.1. The number of methoxy groups -OCH3 is 1. The summed E-state index contributed by atoms with van der Waals surface area (Å²) in [6.07, 6.45) is 0.558. The van der Waals surface area contributed by atoms with Crippen LogP contribution < -0.4 is 15.8 Å².